The van der Waals surface area contributed by atoms with E-state index < -0.39 is 0 Å². The van der Waals surface area contributed by atoms with Gasteiger partial charge in [-0.15, -0.1) is 0 Å². The van der Waals surface area contributed by atoms with Gasteiger partial charge in [0.15, 0.2) is 0 Å². The van der Waals surface area contributed by atoms with E-state index in [2.05, 4.69) is 5.32 Å². The molecule has 0 aliphatic heterocycles. The number of methoxy groups -OCH3 is 1. The molecule has 3 heteroatoms. The van der Waals surface area contributed by atoms with Crippen molar-refractivity contribution in [2.45, 2.75) is 13.8 Å². The number of hydrogen-bond acceptors (Lipinski definition) is 2. The van der Waals surface area contributed by atoms with E-state index in [1.165, 1.54) is 0 Å². The monoisotopic (exact) mass is 157 g/mol. The number of rotatable bonds is 4. The Morgan fingerprint density at radius 2 is 2.18 bits per heavy atom. The SMILES string of the molecule is COCCNC(=O)C=C(C)C. The van der Waals surface area contributed by atoms with E-state index in [9.17, 15) is 4.79 Å². The molecule has 0 saturated carbocycles. The van der Waals surface area contributed by atoms with Crippen molar-refractivity contribution >= 4 is 5.91 Å². The Labute approximate surface area is 67.4 Å². The van der Waals surface area contributed by atoms with Crippen molar-refractivity contribution in [3.8, 4) is 0 Å². The van der Waals surface area contributed by atoms with Crippen LogP contribution in [0.15, 0.2) is 11.6 Å². The van der Waals surface area contributed by atoms with Gasteiger partial charge < -0.3 is 10.1 Å². The average molecular weight is 157 g/mol. The van der Waals surface area contributed by atoms with Gasteiger partial charge in [-0.3, -0.25) is 4.79 Å². The first-order valence-corrected chi connectivity index (χ1v) is 3.58. The minimum Gasteiger partial charge on any atom is -0.383 e. The van der Waals surface area contributed by atoms with Gasteiger partial charge in [0.25, 0.3) is 0 Å². The van der Waals surface area contributed by atoms with Gasteiger partial charge in [0.05, 0.1) is 6.61 Å². The summed E-state index contributed by atoms with van der Waals surface area (Å²) in [5.74, 6) is -0.0537. The van der Waals surface area contributed by atoms with Crippen LogP contribution in [0, 0.1) is 0 Å². The third-order valence-electron chi connectivity index (χ3n) is 1.03. The molecule has 0 fully saturated rings. The Kier molecular flexibility index (Phi) is 5.47. The lowest BCUT2D eigenvalue weighted by Gasteiger charge is -1.99. The third kappa shape index (κ3) is 7.06. The van der Waals surface area contributed by atoms with Crippen molar-refractivity contribution in [3.63, 3.8) is 0 Å². The lowest BCUT2D eigenvalue weighted by Crippen LogP contribution is -2.25. The van der Waals surface area contributed by atoms with Crippen LogP contribution in [0.3, 0.4) is 0 Å². The molecule has 0 aromatic heterocycles. The zero-order valence-corrected chi connectivity index (χ0v) is 7.31. The summed E-state index contributed by atoms with van der Waals surface area (Å²) in [6.07, 6.45) is 1.57. The highest BCUT2D eigenvalue weighted by atomic mass is 16.5. The second-order valence-corrected chi connectivity index (χ2v) is 2.51. The molecule has 0 rings (SSSR count). The van der Waals surface area contributed by atoms with Crippen LogP contribution in [-0.4, -0.2) is 26.2 Å². The number of ether oxygens (including phenoxy) is 1. The summed E-state index contributed by atoms with van der Waals surface area (Å²) in [5, 5.41) is 2.67. The number of carbonyl (C=O) groups is 1. The number of amides is 1. The lowest BCUT2D eigenvalue weighted by molar-refractivity contribution is -0.116. The largest absolute Gasteiger partial charge is 0.383 e. The van der Waals surface area contributed by atoms with Gasteiger partial charge in [0.2, 0.25) is 5.91 Å². The van der Waals surface area contributed by atoms with Crippen LogP contribution in [0.1, 0.15) is 13.8 Å². The summed E-state index contributed by atoms with van der Waals surface area (Å²) in [6.45, 7) is 4.90. The first kappa shape index (κ1) is 10.2. The van der Waals surface area contributed by atoms with E-state index in [1.54, 1.807) is 13.2 Å². The van der Waals surface area contributed by atoms with E-state index in [4.69, 9.17) is 4.74 Å². The number of hydrogen-bond donors (Lipinski definition) is 1. The zero-order chi connectivity index (χ0) is 8.69. The zero-order valence-electron chi connectivity index (χ0n) is 7.31. The molecule has 0 bridgehead atoms. The Morgan fingerprint density at radius 1 is 1.55 bits per heavy atom. The van der Waals surface area contributed by atoms with Crippen molar-refractivity contribution in [2.24, 2.45) is 0 Å². The predicted molar refractivity (Wildman–Crippen MR) is 44.3 cm³/mol. The minimum absolute atomic E-state index is 0.0537. The number of carbonyl (C=O) groups excluding carboxylic acids is 1. The first-order chi connectivity index (χ1) is 5.16. The lowest BCUT2D eigenvalue weighted by atomic mass is 10.3. The fourth-order valence-electron chi connectivity index (χ4n) is 0.590. The summed E-state index contributed by atoms with van der Waals surface area (Å²) in [5.41, 5.74) is 1.000. The maximum absolute atomic E-state index is 10.9. The second kappa shape index (κ2) is 5.92. The summed E-state index contributed by atoms with van der Waals surface area (Å²) >= 11 is 0. The topological polar surface area (TPSA) is 38.3 Å². The van der Waals surface area contributed by atoms with Gasteiger partial charge in [-0.2, -0.15) is 0 Å². The second-order valence-electron chi connectivity index (χ2n) is 2.51. The molecule has 11 heavy (non-hydrogen) atoms. The molecule has 64 valence electrons. The molecule has 0 saturated heterocycles. The summed E-state index contributed by atoms with van der Waals surface area (Å²) in [4.78, 5) is 10.9. The van der Waals surface area contributed by atoms with Crippen molar-refractivity contribution in [1.82, 2.24) is 5.32 Å². The highest BCUT2D eigenvalue weighted by Gasteiger charge is 1.92. The Hall–Kier alpha value is -0.830. The van der Waals surface area contributed by atoms with Crippen LogP contribution in [-0.2, 0) is 9.53 Å². The summed E-state index contributed by atoms with van der Waals surface area (Å²) in [6, 6.07) is 0. The molecule has 1 N–H and O–H groups in total. The number of allylic oxidation sites excluding steroid dienone is 1. The van der Waals surface area contributed by atoms with E-state index in [0.717, 1.165) is 5.57 Å². The normalized spacial score (nSPS) is 9.00. The maximum atomic E-state index is 10.9. The van der Waals surface area contributed by atoms with Crippen molar-refractivity contribution in [1.29, 1.82) is 0 Å². The highest BCUT2D eigenvalue weighted by Crippen LogP contribution is 1.86. The molecular weight excluding hydrogens is 142 g/mol. The molecule has 3 nitrogen and oxygen atoms in total. The minimum atomic E-state index is -0.0537. The molecule has 0 atom stereocenters. The summed E-state index contributed by atoms with van der Waals surface area (Å²) in [7, 11) is 1.60. The molecular formula is C8H15NO2. The molecule has 0 unspecified atom stereocenters. The molecule has 0 heterocycles. The Bertz CT molecular complexity index is 148. The molecule has 1 amide bonds. The quantitative estimate of drug-likeness (QED) is 0.482. The van der Waals surface area contributed by atoms with Crippen LogP contribution in [0.2, 0.25) is 0 Å². The fraction of sp³-hybridized carbons (Fsp3) is 0.625. The molecule has 0 aromatic carbocycles. The van der Waals surface area contributed by atoms with Crippen molar-refractivity contribution in [2.75, 3.05) is 20.3 Å². The summed E-state index contributed by atoms with van der Waals surface area (Å²) < 4.78 is 4.76. The van der Waals surface area contributed by atoms with E-state index in [1.807, 2.05) is 13.8 Å². The molecule has 0 aliphatic rings. The van der Waals surface area contributed by atoms with Gasteiger partial charge in [-0.1, -0.05) is 5.57 Å². The van der Waals surface area contributed by atoms with Gasteiger partial charge in [-0.25, -0.2) is 0 Å². The van der Waals surface area contributed by atoms with Crippen molar-refractivity contribution in [3.05, 3.63) is 11.6 Å². The average Bonchev–Trinajstić information content (AvgIpc) is 1.86. The van der Waals surface area contributed by atoms with E-state index in [0.29, 0.717) is 13.2 Å². The maximum Gasteiger partial charge on any atom is 0.243 e. The fourth-order valence-corrected chi connectivity index (χ4v) is 0.590. The van der Waals surface area contributed by atoms with Crippen LogP contribution < -0.4 is 5.32 Å². The van der Waals surface area contributed by atoms with Crippen LogP contribution in [0.4, 0.5) is 0 Å². The van der Waals surface area contributed by atoms with Gasteiger partial charge in [0, 0.05) is 19.7 Å². The van der Waals surface area contributed by atoms with Crippen LogP contribution in [0.25, 0.3) is 0 Å². The Balaban J connectivity index is 3.46. The molecule has 0 radical (unpaired) electrons. The smallest absolute Gasteiger partial charge is 0.243 e. The predicted octanol–water partition coefficient (Wildman–Crippen LogP) is 0.715. The molecule has 0 aliphatic carbocycles. The van der Waals surface area contributed by atoms with Crippen LogP contribution in [0.5, 0.6) is 0 Å². The third-order valence-corrected chi connectivity index (χ3v) is 1.03. The molecule has 0 spiro atoms. The first-order valence-electron chi connectivity index (χ1n) is 3.58. The van der Waals surface area contributed by atoms with E-state index >= 15 is 0 Å². The Morgan fingerprint density at radius 3 is 2.64 bits per heavy atom. The van der Waals surface area contributed by atoms with Gasteiger partial charge >= 0.3 is 0 Å². The van der Waals surface area contributed by atoms with Crippen LogP contribution >= 0.6 is 0 Å². The number of nitrogens with one attached hydrogen (secondary N) is 1. The van der Waals surface area contributed by atoms with E-state index in [-0.39, 0.29) is 5.91 Å². The highest BCUT2D eigenvalue weighted by molar-refractivity contribution is 5.87. The van der Waals surface area contributed by atoms with Gasteiger partial charge in [-0.05, 0) is 13.8 Å². The standard InChI is InChI=1S/C8H15NO2/c1-7(2)6-8(10)9-4-5-11-3/h6H,4-5H2,1-3H3,(H,9,10). The van der Waals surface area contributed by atoms with Crippen molar-refractivity contribution < 1.29 is 9.53 Å². The van der Waals surface area contributed by atoms with Gasteiger partial charge in [0.1, 0.15) is 0 Å². The molecule has 0 aromatic rings.